The van der Waals surface area contributed by atoms with E-state index in [0.717, 1.165) is 59.2 Å². The standard InChI is InChI=1S/C28H34N8O2/c1-28(2,3)38-27(37)34-11-5-10-33(12-13-34)25-6-4-7-26(32-25)36-24-14-23(29-15-21(24)16-31-36)22-17-30-35(19-22)18-20-8-9-20/h4,6-7,14-17,19-20H,5,8-13,18H2,1-3H3. The molecule has 0 spiro atoms. The number of anilines is 1. The summed E-state index contributed by atoms with van der Waals surface area (Å²) in [7, 11) is 0. The van der Waals surface area contributed by atoms with E-state index in [1.807, 2.05) is 66.9 Å². The fourth-order valence-corrected chi connectivity index (χ4v) is 4.78. The van der Waals surface area contributed by atoms with Gasteiger partial charge in [0.1, 0.15) is 11.4 Å². The molecule has 0 bridgehead atoms. The summed E-state index contributed by atoms with van der Waals surface area (Å²) in [5.41, 5.74) is 2.31. The highest BCUT2D eigenvalue weighted by molar-refractivity contribution is 5.83. The summed E-state index contributed by atoms with van der Waals surface area (Å²) in [5.74, 6) is 2.38. The van der Waals surface area contributed by atoms with Gasteiger partial charge in [-0.05, 0) is 64.2 Å². The van der Waals surface area contributed by atoms with Gasteiger partial charge in [0.05, 0.1) is 23.6 Å². The predicted octanol–water partition coefficient (Wildman–Crippen LogP) is 4.54. The van der Waals surface area contributed by atoms with Crippen molar-refractivity contribution in [3.8, 4) is 17.1 Å². The van der Waals surface area contributed by atoms with Gasteiger partial charge in [0.15, 0.2) is 5.82 Å². The second-order valence-electron chi connectivity index (χ2n) is 11.2. The molecule has 0 aromatic carbocycles. The van der Waals surface area contributed by atoms with Crippen LogP contribution in [0.15, 0.2) is 49.1 Å². The molecule has 0 N–H and O–H groups in total. The van der Waals surface area contributed by atoms with Crippen LogP contribution in [0.25, 0.3) is 28.0 Å². The van der Waals surface area contributed by atoms with E-state index in [-0.39, 0.29) is 6.09 Å². The van der Waals surface area contributed by atoms with Crippen molar-refractivity contribution in [3.05, 3.63) is 49.1 Å². The number of ether oxygens (including phenoxy) is 1. The Balaban J connectivity index is 1.22. The Bertz CT molecular complexity index is 1450. The first-order valence-electron chi connectivity index (χ1n) is 13.4. The molecular weight excluding hydrogens is 480 g/mol. The first kappa shape index (κ1) is 24.4. The number of hydrogen-bond acceptors (Lipinski definition) is 7. The van der Waals surface area contributed by atoms with Crippen LogP contribution in [0.3, 0.4) is 0 Å². The van der Waals surface area contributed by atoms with Crippen LogP contribution in [-0.4, -0.2) is 72.3 Å². The average molecular weight is 515 g/mol. The van der Waals surface area contributed by atoms with Crippen LogP contribution in [0, 0.1) is 5.92 Å². The first-order chi connectivity index (χ1) is 18.3. The summed E-state index contributed by atoms with van der Waals surface area (Å²) < 4.78 is 9.46. The minimum Gasteiger partial charge on any atom is -0.444 e. The molecule has 0 radical (unpaired) electrons. The van der Waals surface area contributed by atoms with Crippen LogP contribution in [0.2, 0.25) is 0 Å². The Morgan fingerprint density at radius 3 is 2.68 bits per heavy atom. The minimum absolute atomic E-state index is 0.258. The van der Waals surface area contributed by atoms with E-state index in [9.17, 15) is 4.79 Å². The summed E-state index contributed by atoms with van der Waals surface area (Å²) in [6.45, 7) is 9.42. The SMILES string of the molecule is CC(C)(C)OC(=O)N1CCCN(c2cccc(-n3ncc4cnc(-c5cnn(CC6CC6)c5)cc43)n2)CC1. The topological polar surface area (TPSA) is 94.2 Å². The van der Waals surface area contributed by atoms with Gasteiger partial charge in [-0.3, -0.25) is 9.67 Å². The van der Waals surface area contributed by atoms with Gasteiger partial charge in [-0.1, -0.05) is 6.07 Å². The molecule has 6 rings (SSSR count). The summed E-state index contributed by atoms with van der Waals surface area (Å²) >= 11 is 0. The number of carbonyl (C=O) groups is 1. The number of nitrogens with zero attached hydrogens (tertiary/aromatic N) is 8. The Kier molecular flexibility index (Phi) is 6.25. The largest absolute Gasteiger partial charge is 0.444 e. The van der Waals surface area contributed by atoms with Gasteiger partial charge in [0, 0.05) is 56.1 Å². The Hall–Kier alpha value is -3.95. The zero-order valence-electron chi connectivity index (χ0n) is 22.2. The maximum atomic E-state index is 12.6. The van der Waals surface area contributed by atoms with Gasteiger partial charge in [0.25, 0.3) is 0 Å². The highest BCUT2D eigenvalue weighted by atomic mass is 16.6. The third-order valence-corrected chi connectivity index (χ3v) is 6.93. The van der Waals surface area contributed by atoms with Gasteiger partial charge in [-0.2, -0.15) is 10.2 Å². The minimum atomic E-state index is -0.502. The number of aromatic nitrogens is 6. The van der Waals surface area contributed by atoms with Gasteiger partial charge in [0.2, 0.25) is 0 Å². The third-order valence-electron chi connectivity index (χ3n) is 6.93. The molecule has 2 aliphatic rings. The number of pyridine rings is 2. The van der Waals surface area contributed by atoms with Crippen molar-refractivity contribution < 1.29 is 9.53 Å². The molecule has 1 saturated heterocycles. The zero-order valence-corrected chi connectivity index (χ0v) is 22.2. The quantitative estimate of drug-likeness (QED) is 0.386. The lowest BCUT2D eigenvalue weighted by Gasteiger charge is -2.26. The molecule has 38 heavy (non-hydrogen) atoms. The number of hydrogen-bond donors (Lipinski definition) is 0. The zero-order chi connectivity index (χ0) is 26.3. The average Bonchev–Trinajstić information content (AvgIpc) is 3.50. The maximum Gasteiger partial charge on any atom is 0.410 e. The molecule has 1 aliphatic heterocycles. The van der Waals surface area contributed by atoms with Crippen molar-refractivity contribution >= 4 is 22.8 Å². The molecule has 0 atom stereocenters. The molecule has 0 unspecified atom stereocenters. The summed E-state index contributed by atoms with van der Waals surface area (Å²) in [6, 6.07) is 8.04. The van der Waals surface area contributed by atoms with E-state index >= 15 is 0 Å². The van der Waals surface area contributed by atoms with Gasteiger partial charge < -0.3 is 14.5 Å². The van der Waals surface area contributed by atoms with Gasteiger partial charge in [-0.15, -0.1) is 0 Å². The molecular formula is C28H34N8O2. The summed E-state index contributed by atoms with van der Waals surface area (Å²) in [5, 5.41) is 10.1. The van der Waals surface area contributed by atoms with Crippen LogP contribution in [0.5, 0.6) is 0 Å². The van der Waals surface area contributed by atoms with Crippen LogP contribution in [0.1, 0.15) is 40.0 Å². The summed E-state index contributed by atoms with van der Waals surface area (Å²) in [6.07, 6.45) is 10.8. The van der Waals surface area contributed by atoms with Crippen LogP contribution >= 0.6 is 0 Å². The number of carbonyl (C=O) groups excluding carboxylic acids is 1. The molecule has 5 heterocycles. The molecule has 2 fully saturated rings. The lowest BCUT2D eigenvalue weighted by molar-refractivity contribution is 0.0263. The van der Waals surface area contributed by atoms with Crippen LogP contribution in [0.4, 0.5) is 10.6 Å². The Labute approximate surface area is 222 Å². The van der Waals surface area contributed by atoms with E-state index in [1.54, 1.807) is 4.90 Å². The molecule has 1 amide bonds. The molecule has 10 nitrogen and oxygen atoms in total. The lowest BCUT2D eigenvalue weighted by atomic mass is 10.2. The fraction of sp³-hybridized carbons (Fsp3) is 0.464. The molecule has 198 valence electrons. The third kappa shape index (κ3) is 5.34. The monoisotopic (exact) mass is 514 g/mol. The second-order valence-corrected chi connectivity index (χ2v) is 11.2. The normalized spacial score (nSPS) is 16.6. The van der Waals surface area contributed by atoms with Crippen molar-refractivity contribution in [2.75, 3.05) is 31.1 Å². The second kappa shape index (κ2) is 9.74. The van der Waals surface area contributed by atoms with Crippen molar-refractivity contribution in [3.63, 3.8) is 0 Å². The highest BCUT2D eigenvalue weighted by Gasteiger charge is 2.25. The Morgan fingerprint density at radius 2 is 1.87 bits per heavy atom. The predicted molar refractivity (Wildman–Crippen MR) is 145 cm³/mol. The fourth-order valence-electron chi connectivity index (χ4n) is 4.78. The molecule has 1 aliphatic carbocycles. The van der Waals surface area contributed by atoms with E-state index in [0.29, 0.717) is 19.6 Å². The Morgan fingerprint density at radius 1 is 1.03 bits per heavy atom. The van der Waals surface area contributed by atoms with E-state index < -0.39 is 5.60 Å². The lowest BCUT2D eigenvalue weighted by Crippen LogP contribution is -2.39. The van der Waals surface area contributed by atoms with Gasteiger partial charge >= 0.3 is 6.09 Å². The first-order valence-corrected chi connectivity index (χ1v) is 13.4. The van der Waals surface area contributed by atoms with E-state index in [4.69, 9.17) is 9.72 Å². The van der Waals surface area contributed by atoms with E-state index in [1.165, 1.54) is 12.8 Å². The van der Waals surface area contributed by atoms with Gasteiger partial charge in [-0.25, -0.2) is 14.5 Å². The number of amides is 1. The van der Waals surface area contributed by atoms with Crippen LogP contribution < -0.4 is 4.90 Å². The van der Waals surface area contributed by atoms with Crippen molar-refractivity contribution in [1.82, 2.24) is 34.4 Å². The molecule has 1 saturated carbocycles. The molecule has 10 heteroatoms. The maximum absolute atomic E-state index is 12.6. The molecule has 4 aromatic heterocycles. The summed E-state index contributed by atoms with van der Waals surface area (Å²) in [4.78, 5) is 26.2. The van der Waals surface area contributed by atoms with Crippen molar-refractivity contribution in [1.29, 1.82) is 0 Å². The molecule has 4 aromatic rings. The van der Waals surface area contributed by atoms with E-state index in [2.05, 4.69) is 32.3 Å². The van der Waals surface area contributed by atoms with Crippen LogP contribution in [-0.2, 0) is 11.3 Å². The number of fused-ring (bicyclic) bond motifs is 1. The smallest absolute Gasteiger partial charge is 0.410 e. The number of rotatable bonds is 5. The highest BCUT2D eigenvalue weighted by Crippen LogP contribution is 2.31. The van der Waals surface area contributed by atoms with Crippen molar-refractivity contribution in [2.45, 2.75) is 52.2 Å². The van der Waals surface area contributed by atoms with Crippen molar-refractivity contribution in [2.24, 2.45) is 5.92 Å².